The minimum Gasteiger partial charge on any atom is -0.497 e. The normalized spacial score (nSPS) is 16.8. The molecule has 0 aliphatic carbocycles. The van der Waals surface area contributed by atoms with Crippen molar-refractivity contribution in [3.63, 3.8) is 0 Å². The Kier molecular flexibility index (Phi) is 7.23. The highest BCUT2D eigenvalue weighted by atomic mass is 32.2. The van der Waals surface area contributed by atoms with Gasteiger partial charge in [-0.3, -0.25) is 9.59 Å². The highest BCUT2D eigenvalue weighted by Crippen LogP contribution is 2.32. The third kappa shape index (κ3) is 4.81. The lowest BCUT2D eigenvalue weighted by Gasteiger charge is -2.32. The molecule has 1 saturated heterocycles. The molecular weight excluding hydrogens is 454 g/mol. The molecule has 1 fully saturated rings. The maximum atomic E-state index is 13.2. The number of carbonyl (C=O) groups excluding carboxylic acids is 2. The van der Waals surface area contributed by atoms with Crippen LogP contribution in [0.2, 0.25) is 0 Å². The van der Waals surface area contributed by atoms with Crippen molar-refractivity contribution < 1.29 is 22.7 Å². The summed E-state index contributed by atoms with van der Waals surface area (Å²) in [7, 11) is -1.98. The summed E-state index contributed by atoms with van der Waals surface area (Å²) in [5, 5.41) is 0. The molecule has 0 aromatic heterocycles. The van der Waals surface area contributed by atoms with Crippen LogP contribution in [-0.4, -0.2) is 57.8 Å². The van der Waals surface area contributed by atoms with Gasteiger partial charge in [-0.2, -0.15) is 4.31 Å². The average molecular weight is 486 g/mol. The molecule has 0 bridgehead atoms. The average Bonchev–Trinajstić information content (AvgIpc) is 2.87. The van der Waals surface area contributed by atoms with Crippen molar-refractivity contribution in [2.75, 3.05) is 43.1 Å². The number of likely N-dealkylation sites (N-methyl/N-ethyl adjacent to an activating group) is 1. The van der Waals surface area contributed by atoms with E-state index in [9.17, 15) is 18.0 Å². The summed E-state index contributed by atoms with van der Waals surface area (Å²) in [6, 6.07) is 12.1. The van der Waals surface area contributed by atoms with Crippen LogP contribution in [0.5, 0.6) is 5.75 Å². The number of fused-ring (bicyclic) bond motifs is 1. The molecular formula is C25H31N3O5S. The van der Waals surface area contributed by atoms with Crippen LogP contribution in [-0.2, 0) is 26.0 Å². The van der Waals surface area contributed by atoms with Crippen molar-refractivity contribution in [2.24, 2.45) is 0 Å². The zero-order valence-corrected chi connectivity index (χ0v) is 20.5. The number of benzene rings is 2. The molecule has 2 amide bonds. The van der Waals surface area contributed by atoms with Crippen LogP contribution in [0.4, 0.5) is 11.4 Å². The Hall–Kier alpha value is -2.91. The minimum atomic E-state index is -3.56. The molecule has 182 valence electrons. The van der Waals surface area contributed by atoms with Crippen molar-refractivity contribution in [1.29, 1.82) is 0 Å². The first kappa shape index (κ1) is 24.2. The topological polar surface area (TPSA) is 87.2 Å². The molecule has 2 aliphatic rings. The fraction of sp³-hybridized carbons (Fsp3) is 0.440. The summed E-state index contributed by atoms with van der Waals surface area (Å²) >= 11 is 0. The highest BCUT2D eigenvalue weighted by Gasteiger charge is 2.31. The van der Waals surface area contributed by atoms with Crippen LogP contribution in [0.3, 0.4) is 0 Å². The summed E-state index contributed by atoms with van der Waals surface area (Å²) in [5.41, 5.74) is 2.10. The summed E-state index contributed by atoms with van der Waals surface area (Å²) in [5.74, 6) is 0.347. The Labute approximate surface area is 201 Å². The van der Waals surface area contributed by atoms with Crippen molar-refractivity contribution in [1.82, 2.24) is 4.31 Å². The van der Waals surface area contributed by atoms with Gasteiger partial charge in [0.25, 0.3) is 0 Å². The molecule has 2 aromatic rings. The van der Waals surface area contributed by atoms with Crippen LogP contribution < -0.4 is 14.5 Å². The van der Waals surface area contributed by atoms with E-state index in [1.807, 2.05) is 19.1 Å². The number of methoxy groups -OCH3 is 1. The number of anilines is 2. The third-order valence-electron chi connectivity index (χ3n) is 6.50. The van der Waals surface area contributed by atoms with Crippen LogP contribution >= 0.6 is 0 Å². The maximum absolute atomic E-state index is 13.2. The van der Waals surface area contributed by atoms with E-state index in [4.69, 9.17) is 4.74 Å². The Bertz CT molecular complexity index is 1160. The number of sulfonamides is 1. The molecule has 2 heterocycles. The Balaban J connectivity index is 1.56. The van der Waals surface area contributed by atoms with Crippen molar-refractivity contribution in [3.8, 4) is 5.75 Å². The summed E-state index contributed by atoms with van der Waals surface area (Å²) in [6.45, 7) is 3.30. The predicted molar refractivity (Wildman–Crippen MR) is 131 cm³/mol. The number of carbonyl (C=O) groups is 2. The van der Waals surface area contributed by atoms with Gasteiger partial charge in [0.05, 0.1) is 12.0 Å². The number of amides is 2. The van der Waals surface area contributed by atoms with Gasteiger partial charge in [-0.25, -0.2) is 8.42 Å². The van der Waals surface area contributed by atoms with Gasteiger partial charge in [0.15, 0.2) is 0 Å². The fourth-order valence-corrected chi connectivity index (χ4v) is 6.18. The van der Waals surface area contributed by atoms with Crippen molar-refractivity contribution in [2.45, 2.75) is 43.9 Å². The number of hydrogen-bond donors (Lipinski definition) is 0. The van der Waals surface area contributed by atoms with Gasteiger partial charge in [0.1, 0.15) is 12.3 Å². The van der Waals surface area contributed by atoms with E-state index < -0.39 is 10.0 Å². The van der Waals surface area contributed by atoms with Crippen LogP contribution in [0.1, 0.15) is 38.2 Å². The van der Waals surface area contributed by atoms with Gasteiger partial charge >= 0.3 is 0 Å². The Morgan fingerprint density at radius 2 is 1.74 bits per heavy atom. The van der Waals surface area contributed by atoms with Gasteiger partial charge < -0.3 is 14.5 Å². The summed E-state index contributed by atoms with van der Waals surface area (Å²) < 4.78 is 32.9. The highest BCUT2D eigenvalue weighted by molar-refractivity contribution is 7.89. The zero-order valence-electron chi connectivity index (χ0n) is 19.7. The molecule has 0 radical (unpaired) electrons. The first-order valence-electron chi connectivity index (χ1n) is 11.7. The van der Waals surface area contributed by atoms with E-state index in [1.165, 1.54) is 4.90 Å². The second-order valence-electron chi connectivity index (χ2n) is 8.57. The van der Waals surface area contributed by atoms with Crippen LogP contribution in [0, 0.1) is 0 Å². The lowest BCUT2D eigenvalue weighted by Crippen LogP contribution is -2.45. The van der Waals surface area contributed by atoms with Crippen LogP contribution in [0.15, 0.2) is 47.4 Å². The molecule has 0 saturated carbocycles. The molecule has 0 unspecified atom stereocenters. The van der Waals surface area contributed by atoms with E-state index in [2.05, 4.69) is 0 Å². The van der Waals surface area contributed by atoms with Gasteiger partial charge in [0.2, 0.25) is 21.8 Å². The van der Waals surface area contributed by atoms with E-state index in [-0.39, 0.29) is 29.7 Å². The number of nitrogens with zero attached hydrogens (tertiary/aromatic N) is 3. The van der Waals surface area contributed by atoms with Gasteiger partial charge in [-0.05, 0) is 74.2 Å². The molecule has 2 aliphatic heterocycles. The fourth-order valence-electron chi connectivity index (χ4n) is 4.61. The van der Waals surface area contributed by atoms with Crippen molar-refractivity contribution in [3.05, 3.63) is 48.0 Å². The van der Waals surface area contributed by atoms with Gasteiger partial charge in [-0.1, -0.05) is 6.42 Å². The number of ether oxygens (including phenoxy) is 1. The second-order valence-corrected chi connectivity index (χ2v) is 10.5. The molecule has 0 N–H and O–H groups in total. The second kappa shape index (κ2) is 10.1. The largest absolute Gasteiger partial charge is 0.497 e. The lowest BCUT2D eigenvalue weighted by molar-refractivity contribution is -0.122. The molecule has 9 heteroatoms. The quantitative estimate of drug-likeness (QED) is 0.601. The monoisotopic (exact) mass is 485 g/mol. The number of rotatable bonds is 7. The molecule has 0 atom stereocenters. The SMILES string of the molecule is CCN(C(=O)CN1C(=O)CCc2cc(S(=O)(=O)N3CCCCC3)ccc21)c1ccc(OC)cc1. The standard InChI is InChI=1S/C25H31N3O5S/c1-3-27(20-8-10-21(33-2)11-9-20)25(30)18-28-23-13-12-22(17-19(23)7-14-24(28)29)34(31,32)26-15-5-4-6-16-26/h8-13,17H,3-7,14-16,18H2,1-2H3. The molecule has 2 aromatic carbocycles. The molecule has 34 heavy (non-hydrogen) atoms. The maximum Gasteiger partial charge on any atom is 0.247 e. The van der Waals surface area contributed by atoms with Gasteiger partial charge in [0, 0.05) is 37.4 Å². The Morgan fingerprint density at radius 3 is 2.38 bits per heavy atom. The number of hydrogen-bond acceptors (Lipinski definition) is 5. The molecule has 4 rings (SSSR count). The van der Waals surface area contributed by atoms with E-state index in [0.29, 0.717) is 37.5 Å². The first-order chi connectivity index (χ1) is 16.3. The third-order valence-corrected chi connectivity index (χ3v) is 8.39. The Morgan fingerprint density at radius 1 is 1.03 bits per heavy atom. The lowest BCUT2D eigenvalue weighted by atomic mass is 10.0. The number of aryl methyl sites for hydroxylation is 1. The summed E-state index contributed by atoms with van der Waals surface area (Å²) in [4.78, 5) is 29.3. The molecule has 8 nitrogen and oxygen atoms in total. The van der Waals surface area contributed by atoms with Crippen LogP contribution in [0.25, 0.3) is 0 Å². The zero-order chi connectivity index (χ0) is 24.3. The number of piperidine rings is 1. The first-order valence-corrected chi connectivity index (χ1v) is 13.2. The van der Waals surface area contributed by atoms with E-state index in [0.717, 1.165) is 30.5 Å². The van der Waals surface area contributed by atoms with Gasteiger partial charge in [-0.15, -0.1) is 0 Å². The van der Waals surface area contributed by atoms with E-state index >= 15 is 0 Å². The van der Waals surface area contributed by atoms with Crippen molar-refractivity contribution >= 4 is 33.2 Å². The minimum absolute atomic E-state index is 0.107. The summed E-state index contributed by atoms with van der Waals surface area (Å²) in [6.07, 6.45) is 3.49. The molecule has 0 spiro atoms. The van der Waals surface area contributed by atoms with E-state index in [1.54, 1.807) is 46.6 Å². The predicted octanol–water partition coefficient (Wildman–Crippen LogP) is 3.20. The smallest absolute Gasteiger partial charge is 0.247 e.